The Labute approximate surface area is 189 Å². The molecule has 2 aromatic rings. The lowest BCUT2D eigenvalue weighted by Crippen LogP contribution is -2.33. The minimum atomic E-state index is 0.0716. The van der Waals surface area contributed by atoms with Gasteiger partial charge in [-0.25, -0.2) is 0 Å². The molecule has 2 aromatic carbocycles. The first-order valence-corrected chi connectivity index (χ1v) is 11.0. The van der Waals surface area contributed by atoms with E-state index in [2.05, 4.69) is 29.4 Å². The zero-order valence-electron chi connectivity index (χ0n) is 19.5. The van der Waals surface area contributed by atoms with Crippen LogP contribution in [0.1, 0.15) is 35.6 Å². The first-order valence-electron chi connectivity index (χ1n) is 11.0. The number of methoxy groups -OCH3 is 4. The number of hydrogen-bond donors (Lipinski definition) is 1. The molecule has 1 aliphatic heterocycles. The molecule has 1 saturated carbocycles. The van der Waals surface area contributed by atoms with Gasteiger partial charge in [0.05, 0.1) is 28.4 Å². The number of anilines is 1. The summed E-state index contributed by atoms with van der Waals surface area (Å²) in [5.74, 6) is 2.91. The minimum absolute atomic E-state index is 0.0716. The number of nitrogens with one attached hydrogen (secondary N) is 1. The van der Waals surface area contributed by atoms with E-state index in [9.17, 15) is 4.79 Å². The van der Waals surface area contributed by atoms with Gasteiger partial charge in [-0.05, 0) is 67.6 Å². The molecule has 1 amide bonds. The molecule has 1 N–H and O–H groups in total. The van der Waals surface area contributed by atoms with E-state index in [1.807, 2.05) is 12.1 Å². The van der Waals surface area contributed by atoms with Gasteiger partial charge in [0.2, 0.25) is 5.91 Å². The van der Waals surface area contributed by atoms with Crippen LogP contribution in [0.4, 0.5) is 5.69 Å². The Morgan fingerprint density at radius 3 is 2.16 bits per heavy atom. The lowest BCUT2D eigenvalue weighted by atomic mass is 9.88. The van der Waals surface area contributed by atoms with Gasteiger partial charge >= 0.3 is 0 Å². The molecule has 2 aliphatic rings. The molecule has 1 unspecified atom stereocenters. The van der Waals surface area contributed by atoms with E-state index in [4.69, 9.17) is 18.9 Å². The minimum Gasteiger partial charge on any atom is -0.493 e. The van der Waals surface area contributed by atoms with Gasteiger partial charge in [-0.15, -0.1) is 0 Å². The van der Waals surface area contributed by atoms with Crippen LogP contribution in [0.3, 0.4) is 0 Å². The second-order valence-electron chi connectivity index (χ2n) is 8.48. The van der Waals surface area contributed by atoms with Gasteiger partial charge in [0, 0.05) is 30.3 Å². The van der Waals surface area contributed by atoms with Gasteiger partial charge in [-0.1, -0.05) is 0 Å². The number of carbonyl (C=O) groups excluding carboxylic acids is 1. The summed E-state index contributed by atoms with van der Waals surface area (Å²) in [6.07, 6.45) is 3.56. The summed E-state index contributed by atoms with van der Waals surface area (Å²) < 4.78 is 22.1. The predicted octanol–water partition coefficient (Wildman–Crippen LogP) is 3.84. The van der Waals surface area contributed by atoms with E-state index in [-0.39, 0.29) is 17.9 Å². The number of fused-ring (bicyclic) bond motifs is 1. The lowest BCUT2D eigenvalue weighted by Gasteiger charge is -2.35. The van der Waals surface area contributed by atoms with E-state index < -0.39 is 0 Å². The van der Waals surface area contributed by atoms with E-state index in [0.29, 0.717) is 17.9 Å². The summed E-state index contributed by atoms with van der Waals surface area (Å²) in [7, 11) is 8.69. The summed E-state index contributed by atoms with van der Waals surface area (Å²) in [5.41, 5.74) is 4.26. The Morgan fingerprint density at radius 1 is 0.938 bits per heavy atom. The Balaban J connectivity index is 1.73. The third-order valence-corrected chi connectivity index (χ3v) is 6.50. The predicted molar refractivity (Wildman–Crippen MR) is 123 cm³/mol. The van der Waals surface area contributed by atoms with Crippen molar-refractivity contribution < 1.29 is 23.7 Å². The first-order chi connectivity index (χ1) is 15.5. The van der Waals surface area contributed by atoms with Gasteiger partial charge < -0.3 is 24.3 Å². The van der Waals surface area contributed by atoms with Crippen LogP contribution in [-0.2, 0) is 17.6 Å². The molecule has 1 atom stereocenters. The van der Waals surface area contributed by atoms with Crippen LogP contribution in [0.25, 0.3) is 0 Å². The summed E-state index contributed by atoms with van der Waals surface area (Å²) in [6, 6.07) is 8.13. The maximum Gasteiger partial charge on any atom is 0.227 e. The number of ether oxygens (including phenoxy) is 4. The number of amides is 1. The number of likely N-dealkylation sites (N-methyl/N-ethyl adjacent to an activating group) is 1. The highest BCUT2D eigenvalue weighted by Gasteiger charge is 2.32. The molecule has 0 saturated heterocycles. The molecule has 0 spiro atoms. The number of rotatable bonds is 8. The molecular formula is C25H32N2O5. The van der Waals surface area contributed by atoms with E-state index >= 15 is 0 Å². The van der Waals surface area contributed by atoms with Crippen LogP contribution in [0.2, 0.25) is 0 Å². The van der Waals surface area contributed by atoms with Gasteiger partial charge in [0.15, 0.2) is 23.0 Å². The zero-order valence-corrected chi connectivity index (χ0v) is 19.5. The van der Waals surface area contributed by atoms with Crippen molar-refractivity contribution in [2.75, 3.05) is 47.3 Å². The Bertz CT molecular complexity index is 1000. The van der Waals surface area contributed by atoms with Crippen molar-refractivity contribution in [1.82, 2.24) is 4.90 Å². The standard InChI is InChI=1S/C25H32N2O5/c1-27-9-8-16-11-21(29-2)23(31-4)13-18(16)20(27)10-17-12-22(30-3)24(32-5)14-19(17)26-25(28)15-6-7-15/h11-15,20H,6-10H2,1-5H3,(H,26,28). The first kappa shape index (κ1) is 22.3. The van der Waals surface area contributed by atoms with Crippen LogP contribution in [0.5, 0.6) is 23.0 Å². The van der Waals surface area contributed by atoms with Crippen LogP contribution < -0.4 is 24.3 Å². The van der Waals surface area contributed by atoms with Crippen molar-refractivity contribution in [3.8, 4) is 23.0 Å². The van der Waals surface area contributed by atoms with Crippen molar-refractivity contribution in [2.24, 2.45) is 5.92 Å². The van der Waals surface area contributed by atoms with E-state index in [1.165, 1.54) is 11.1 Å². The zero-order chi connectivity index (χ0) is 22.8. The van der Waals surface area contributed by atoms with E-state index in [0.717, 1.165) is 48.6 Å². The van der Waals surface area contributed by atoms with Gasteiger partial charge in [0.1, 0.15) is 0 Å². The van der Waals surface area contributed by atoms with Crippen molar-refractivity contribution >= 4 is 11.6 Å². The summed E-state index contributed by atoms with van der Waals surface area (Å²) in [5, 5.41) is 3.13. The highest BCUT2D eigenvalue weighted by molar-refractivity contribution is 5.95. The van der Waals surface area contributed by atoms with Gasteiger partial charge in [0.25, 0.3) is 0 Å². The Hall–Kier alpha value is -2.93. The average Bonchev–Trinajstić information content (AvgIpc) is 3.66. The molecule has 0 bridgehead atoms. The molecule has 0 radical (unpaired) electrons. The number of carbonyl (C=O) groups is 1. The third kappa shape index (κ3) is 4.35. The summed E-state index contributed by atoms with van der Waals surface area (Å²) >= 11 is 0. The molecule has 1 heterocycles. The lowest BCUT2D eigenvalue weighted by molar-refractivity contribution is -0.117. The van der Waals surface area contributed by atoms with Crippen molar-refractivity contribution in [3.05, 3.63) is 41.0 Å². The smallest absolute Gasteiger partial charge is 0.227 e. The van der Waals surface area contributed by atoms with Crippen molar-refractivity contribution in [2.45, 2.75) is 31.7 Å². The number of nitrogens with zero attached hydrogens (tertiary/aromatic N) is 1. The monoisotopic (exact) mass is 440 g/mol. The van der Waals surface area contributed by atoms with Gasteiger partial charge in [-0.3, -0.25) is 9.69 Å². The average molecular weight is 441 g/mol. The Morgan fingerprint density at radius 2 is 1.53 bits per heavy atom. The molecule has 4 rings (SSSR count). The highest BCUT2D eigenvalue weighted by atomic mass is 16.5. The molecule has 0 aromatic heterocycles. The SMILES string of the molecule is COc1cc(CC2c3cc(OC)c(OC)cc3CCN2C)c(NC(=O)C2CC2)cc1OC. The van der Waals surface area contributed by atoms with Crippen LogP contribution in [0, 0.1) is 5.92 Å². The fourth-order valence-electron chi connectivity index (χ4n) is 4.41. The van der Waals surface area contributed by atoms with Crippen molar-refractivity contribution in [3.63, 3.8) is 0 Å². The molecule has 1 aliphatic carbocycles. The maximum absolute atomic E-state index is 12.6. The van der Waals surface area contributed by atoms with E-state index in [1.54, 1.807) is 28.4 Å². The van der Waals surface area contributed by atoms with Gasteiger partial charge in [-0.2, -0.15) is 0 Å². The molecule has 7 heteroatoms. The largest absolute Gasteiger partial charge is 0.493 e. The normalized spacial score (nSPS) is 18.0. The maximum atomic E-state index is 12.6. The van der Waals surface area contributed by atoms with Crippen molar-refractivity contribution in [1.29, 1.82) is 0 Å². The van der Waals surface area contributed by atoms with Crippen LogP contribution >= 0.6 is 0 Å². The summed E-state index contributed by atoms with van der Waals surface area (Å²) in [6.45, 7) is 0.935. The highest BCUT2D eigenvalue weighted by Crippen LogP contribution is 2.42. The Kier molecular flexibility index (Phi) is 6.46. The quantitative estimate of drug-likeness (QED) is 0.673. The molecule has 7 nitrogen and oxygen atoms in total. The third-order valence-electron chi connectivity index (χ3n) is 6.50. The van der Waals surface area contributed by atoms with Crippen LogP contribution in [0.15, 0.2) is 24.3 Å². The number of benzene rings is 2. The molecule has 1 fully saturated rings. The topological polar surface area (TPSA) is 69.3 Å². The van der Waals surface area contributed by atoms with Crippen LogP contribution in [-0.4, -0.2) is 52.8 Å². The molecule has 172 valence electrons. The number of hydrogen-bond acceptors (Lipinski definition) is 6. The summed E-state index contributed by atoms with van der Waals surface area (Å²) in [4.78, 5) is 14.9. The fraction of sp³-hybridized carbons (Fsp3) is 0.480. The second-order valence-corrected chi connectivity index (χ2v) is 8.48. The molecular weight excluding hydrogens is 408 g/mol. The fourth-order valence-corrected chi connectivity index (χ4v) is 4.41. The molecule has 32 heavy (non-hydrogen) atoms. The second kappa shape index (κ2) is 9.28.